The van der Waals surface area contributed by atoms with Crippen molar-refractivity contribution in [2.45, 2.75) is 6.04 Å². The van der Waals surface area contributed by atoms with E-state index in [-0.39, 0.29) is 12.6 Å². The standard InChI is InChI=1S/C9H6F4N2O/c10-3-1-4(11)7(13)8(6(3)12)15-2-5(14)9(15)16/h1,5H,2,14H2. The summed E-state index contributed by atoms with van der Waals surface area (Å²) in [5.41, 5.74) is 4.18. The molecule has 1 saturated heterocycles. The Morgan fingerprint density at radius 2 is 1.69 bits per heavy atom. The predicted octanol–water partition coefficient (Wildman–Crippen LogP) is 0.917. The minimum atomic E-state index is -1.60. The van der Waals surface area contributed by atoms with Gasteiger partial charge in [-0.25, -0.2) is 17.6 Å². The molecule has 0 radical (unpaired) electrons. The Labute approximate surface area is 87.4 Å². The molecule has 1 amide bonds. The van der Waals surface area contributed by atoms with Crippen molar-refractivity contribution < 1.29 is 22.4 Å². The zero-order valence-corrected chi connectivity index (χ0v) is 7.81. The van der Waals surface area contributed by atoms with Crippen LogP contribution in [0.25, 0.3) is 0 Å². The fourth-order valence-electron chi connectivity index (χ4n) is 1.45. The third-order valence-corrected chi connectivity index (χ3v) is 2.32. The van der Waals surface area contributed by atoms with Gasteiger partial charge >= 0.3 is 0 Å². The van der Waals surface area contributed by atoms with Gasteiger partial charge in [0, 0.05) is 6.07 Å². The Balaban J connectivity index is 2.52. The first-order valence-corrected chi connectivity index (χ1v) is 4.33. The SMILES string of the molecule is NC1CN(c2c(F)c(F)cc(F)c2F)C1=O. The number of hydrogen-bond donors (Lipinski definition) is 1. The van der Waals surface area contributed by atoms with Crippen LogP contribution in [0, 0.1) is 23.3 Å². The average Bonchev–Trinajstić information content (AvgIpc) is 2.25. The summed E-state index contributed by atoms with van der Waals surface area (Å²) in [4.78, 5) is 11.7. The van der Waals surface area contributed by atoms with Crippen molar-refractivity contribution in [3.05, 3.63) is 29.3 Å². The molecule has 1 unspecified atom stereocenters. The van der Waals surface area contributed by atoms with Crippen LogP contribution in [0.5, 0.6) is 0 Å². The van der Waals surface area contributed by atoms with Gasteiger partial charge in [0.05, 0.1) is 6.54 Å². The van der Waals surface area contributed by atoms with Crippen molar-refractivity contribution in [2.75, 3.05) is 11.4 Å². The second kappa shape index (κ2) is 3.44. The van der Waals surface area contributed by atoms with Gasteiger partial charge in [-0.15, -0.1) is 0 Å². The monoisotopic (exact) mass is 234 g/mol. The first-order chi connectivity index (χ1) is 7.43. The molecule has 1 aliphatic heterocycles. The second-order valence-corrected chi connectivity index (χ2v) is 3.37. The predicted molar refractivity (Wildman–Crippen MR) is 46.6 cm³/mol. The van der Waals surface area contributed by atoms with Crippen molar-refractivity contribution in [3.63, 3.8) is 0 Å². The third kappa shape index (κ3) is 1.35. The van der Waals surface area contributed by atoms with Crippen LogP contribution in [0.15, 0.2) is 6.07 Å². The lowest BCUT2D eigenvalue weighted by atomic mass is 10.1. The van der Waals surface area contributed by atoms with E-state index in [1.165, 1.54) is 0 Å². The molecule has 1 aromatic carbocycles. The van der Waals surface area contributed by atoms with E-state index in [0.29, 0.717) is 4.90 Å². The first-order valence-electron chi connectivity index (χ1n) is 4.33. The van der Waals surface area contributed by atoms with E-state index < -0.39 is 40.9 Å². The summed E-state index contributed by atoms with van der Waals surface area (Å²) in [6.07, 6.45) is 0. The molecule has 16 heavy (non-hydrogen) atoms. The van der Waals surface area contributed by atoms with Crippen LogP contribution < -0.4 is 10.6 Å². The maximum atomic E-state index is 13.2. The minimum absolute atomic E-state index is 0.0817. The summed E-state index contributed by atoms with van der Waals surface area (Å²) in [6.45, 7) is -0.171. The topological polar surface area (TPSA) is 46.3 Å². The molecular formula is C9H6F4N2O. The summed E-state index contributed by atoms with van der Waals surface area (Å²) >= 11 is 0. The highest BCUT2D eigenvalue weighted by Crippen LogP contribution is 2.31. The molecule has 0 spiro atoms. The summed E-state index contributed by atoms with van der Waals surface area (Å²) < 4.78 is 52.0. The lowest BCUT2D eigenvalue weighted by Crippen LogP contribution is -2.61. The number of rotatable bonds is 1. The molecule has 2 N–H and O–H groups in total. The number of halogens is 4. The van der Waals surface area contributed by atoms with Crippen LogP contribution >= 0.6 is 0 Å². The van der Waals surface area contributed by atoms with Crippen molar-refractivity contribution in [1.29, 1.82) is 0 Å². The van der Waals surface area contributed by atoms with Crippen molar-refractivity contribution >= 4 is 11.6 Å². The Bertz CT molecular complexity index is 451. The smallest absolute Gasteiger partial charge is 0.245 e. The van der Waals surface area contributed by atoms with Crippen molar-refractivity contribution in [2.24, 2.45) is 5.73 Å². The Morgan fingerprint density at radius 3 is 2.06 bits per heavy atom. The largest absolute Gasteiger partial charge is 0.318 e. The Morgan fingerprint density at radius 1 is 1.19 bits per heavy atom. The maximum Gasteiger partial charge on any atom is 0.245 e. The molecule has 86 valence electrons. The summed E-state index contributed by atoms with van der Waals surface area (Å²) in [5, 5.41) is 0. The highest BCUT2D eigenvalue weighted by molar-refractivity contribution is 6.04. The molecule has 0 saturated carbocycles. The molecule has 1 fully saturated rings. The van der Waals surface area contributed by atoms with E-state index >= 15 is 0 Å². The fourth-order valence-corrected chi connectivity index (χ4v) is 1.45. The third-order valence-electron chi connectivity index (χ3n) is 2.32. The lowest BCUT2D eigenvalue weighted by molar-refractivity contribution is -0.123. The molecule has 1 aromatic rings. The van der Waals surface area contributed by atoms with Crippen LogP contribution in [0.4, 0.5) is 23.2 Å². The molecule has 1 heterocycles. The molecule has 2 rings (SSSR count). The number of hydrogen-bond acceptors (Lipinski definition) is 2. The lowest BCUT2D eigenvalue weighted by Gasteiger charge is -2.36. The number of carbonyl (C=O) groups is 1. The maximum absolute atomic E-state index is 13.2. The van der Waals surface area contributed by atoms with E-state index in [1.54, 1.807) is 0 Å². The van der Waals surface area contributed by atoms with Crippen LogP contribution in [-0.2, 0) is 4.79 Å². The molecule has 0 aliphatic carbocycles. The van der Waals surface area contributed by atoms with Gasteiger partial charge in [-0.05, 0) is 0 Å². The van der Waals surface area contributed by atoms with Gasteiger partial charge in [-0.2, -0.15) is 0 Å². The Hall–Kier alpha value is -1.63. The summed E-state index contributed by atoms with van der Waals surface area (Å²) in [6, 6.07) is -0.802. The molecule has 0 bridgehead atoms. The van der Waals surface area contributed by atoms with Gasteiger partial charge in [0.25, 0.3) is 0 Å². The van der Waals surface area contributed by atoms with E-state index in [2.05, 4.69) is 0 Å². The number of nitrogens with two attached hydrogens (primary N) is 1. The van der Waals surface area contributed by atoms with E-state index in [1.807, 2.05) is 0 Å². The molecule has 1 aliphatic rings. The van der Waals surface area contributed by atoms with Gasteiger partial charge < -0.3 is 10.6 Å². The number of anilines is 1. The zero-order chi connectivity index (χ0) is 12.0. The number of amides is 1. The summed E-state index contributed by atoms with van der Waals surface area (Å²) in [7, 11) is 0. The number of benzene rings is 1. The van der Waals surface area contributed by atoms with Crippen molar-refractivity contribution in [1.82, 2.24) is 0 Å². The van der Waals surface area contributed by atoms with Crippen LogP contribution in [0.3, 0.4) is 0 Å². The van der Waals surface area contributed by atoms with Crippen molar-refractivity contribution in [3.8, 4) is 0 Å². The Kier molecular flexibility index (Phi) is 2.34. The molecular weight excluding hydrogens is 228 g/mol. The number of nitrogens with zero attached hydrogens (tertiary/aromatic N) is 1. The van der Waals surface area contributed by atoms with Gasteiger partial charge in [-0.1, -0.05) is 0 Å². The fraction of sp³-hybridized carbons (Fsp3) is 0.222. The highest BCUT2D eigenvalue weighted by Gasteiger charge is 2.39. The second-order valence-electron chi connectivity index (χ2n) is 3.37. The van der Waals surface area contributed by atoms with Gasteiger partial charge in [-0.3, -0.25) is 4.79 Å². The highest BCUT2D eigenvalue weighted by atomic mass is 19.2. The quantitative estimate of drug-likeness (QED) is 0.446. The zero-order valence-electron chi connectivity index (χ0n) is 7.81. The number of carbonyl (C=O) groups excluding carboxylic acids is 1. The van der Waals surface area contributed by atoms with E-state index in [0.717, 1.165) is 0 Å². The molecule has 3 nitrogen and oxygen atoms in total. The normalized spacial score (nSPS) is 19.9. The minimum Gasteiger partial charge on any atom is -0.318 e. The van der Waals surface area contributed by atoms with Gasteiger partial charge in [0.1, 0.15) is 11.7 Å². The molecule has 1 atom stereocenters. The molecule has 7 heteroatoms. The van der Waals surface area contributed by atoms with E-state index in [4.69, 9.17) is 5.73 Å². The first kappa shape index (κ1) is 10.9. The van der Waals surface area contributed by atoms with Crippen LogP contribution in [0.2, 0.25) is 0 Å². The van der Waals surface area contributed by atoms with Crippen LogP contribution in [0.1, 0.15) is 0 Å². The van der Waals surface area contributed by atoms with Crippen LogP contribution in [-0.4, -0.2) is 18.5 Å². The summed E-state index contributed by atoms with van der Waals surface area (Å²) in [5.74, 6) is -7.08. The van der Waals surface area contributed by atoms with Gasteiger partial charge in [0.15, 0.2) is 23.3 Å². The van der Waals surface area contributed by atoms with Gasteiger partial charge in [0.2, 0.25) is 5.91 Å². The molecule has 0 aromatic heterocycles. The van der Waals surface area contributed by atoms with E-state index in [9.17, 15) is 22.4 Å². The average molecular weight is 234 g/mol. The number of β-lactam (4-membered cyclic amide) rings is 1.